The van der Waals surface area contributed by atoms with Gasteiger partial charge in [0, 0.05) is 28.3 Å². The zero-order chi connectivity index (χ0) is 77.5. The number of likely N-dealkylation sites (N-methyl/N-ethyl adjacent to an activating group) is 3. The zero-order valence-corrected chi connectivity index (χ0v) is 60.3. The molecule has 34 heteroatoms. The molecule has 0 fully saturated rings. The number of rotatable bonds is 36. The van der Waals surface area contributed by atoms with Gasteiger partial charge in [-0.05, 0) is 152 Å². The largest absolute Gasteiger partial charge is 0.508 e. The van der Waals surface area contributed by atoms with E-state index >= 15 is 0 Å². The molecule has 32 nitrogen and oxygen atoms in total. The fourth-order valence-corrected chi connectivity index (χ4v) is 11.7. The Morgan fingerprint density at radius 2 is 1.28 bits per heavy atom. The molecule has 5 aromatic carbocycles. The molecule has 6 rings (SSSR count). The number of aromatic hydroxyl groups is 3. The fourth-order valence-electron chi connectivity index (χ4n) is 11.3. The van der Waals surface area contributed by atoms with E-state index in [2.05, 4.69) is 37.2 Å². The van der Waals surface area contributed by atoms with Crippen LogP contribution >= 0.6 is 23.2 Å². The Labute approximate surface area is 609 Å². The maximum Gasteiger partial charge on any atom is 0.330 e. The average Bonchev–Trinajstić information content (AvgIpc) is 0.775. The second-order valence-electron chi connectivity index (χ2n) is 25.9. The van der Waals surface area contributed by atoms with Gasteiger partial charge in [0.1, 0.15) is 89.9 Å². The Hall–Kier alpha value is -8.84. The fraction of sp³-hybridized carbons (Fsp3) is 0.457. The molecule has 0 aliphatic carbocycles. The highest BCUT2D eigenvalue weighted by Gasteiger charge is 2.40. The van der Waals surface area contributed by atoms with Crippen LogP contribution in [0.5, 0.6) is 46.0 Å². The monoisotopic (exact) mass is 1500 g/mol. The number of benzene rings is 5. The number of amides is 5. The minimum atomic E-state index is -2.15. The second-order valence-corrected chi connectivity index (χ2v) is 26.7. The molecule has 16 atom stereocenters. The molecule has 0 saturated carbocycles. The summed E-state index contributed by atoms with van der Waals surface area (Å²) in [6, 6.07) is 4.14. The number of phenols is 3. The van der Waals surface area contributed by atoms with Crippen molar-refractivity contribution >= 4 is 71.3 Å². The molecule has 5 aromatic rings. The number of primary amides is 1. The third kappa shape index (κ3) is 21.4. The van der Waals surface area contributed by atoms with Crippen molar-refractivity contribution in [2.45, 2.75) is 171 Å². The van der Waals surface area contributed by atoms with E-state index in [1.54, 1.807) is 20.9 Å². The lowest BCUT2D eigenvalue weighted by atomic mass is 9.89. The minimum absolute atomic E-state index is 0.00659. The standard InChI is InChI=1S/C70H91Cl2N9O23/c1-30(2)18-44(75-9)64(93)79-47(28-83)60(90)36-13-16-50(42(71)20-36)101-52-22-38(46(27-82)78-65(94)45(76-10)26-55(73)89)23-53(62(52)104-69(103-54(29-84)31(3)85)33(5)100-34(6)99-32(4)63(92)70(7,8)74)102-51-17-14-37(21-43(51)72)61(91)59-67(96)80-58(68(97)98)41-24-39(86)25-49(88)56(41)40-19-35(12-15-48(40)87)57(77-11)66(95)81-59/h12-17,19-25,27-28,30-34,44-47,54,57-61,63,69,75-77,84-88,90-92H,18,26,29,74H2,1-11H3,(H2,73,89)(H,78,94)(H,79,93)(H,80,96)(H,81,95)(H,97,98)/t31-,32+,33-,34-,44?,45-,46-,47-,54?,57?,58+,59?,60+,61?,63?,69?/m0/s1. The Balaban J connectivity index is 1.57. The molecule has 0 saturated heterocycles. The van der Waals surface area contributed by atoms with Crippen LogP contribution in [-0.2, 0) is 52.6 Å². The van der Waals surface area contributed by atoms with E-state index < -0.39 is 197 Å². The Morgan fingerprint density at radius 3 is 1.80 bits per heavy atom. The second kappa shape index (κ2) is 37.2. The smallest absolute Gasteiger partial charge is 0.330 e. The van der Waals surface area contributed by atoms with E-state index in [1.165, 1.54) is 90.3 Å². The summed E-state index contributed by atoms with van der Waals surface area (Å²) in [6.45, 7) is 11.8. The molecule has 1 heterocycles. The summed E-state index contributed by atoms with van der Waals surface area (Å²) in [6.07, 6.45) is -12.9. The maximum atomic E-state index is 14.6. The topological polar surface area (TPSA) is 510 Å². The van der Waals surface area contributed by atoms with Gasteiger partial charge >= 0.3 is 5.97 Å². The normalized spacial score (nSPS) is 18.6. The Bertz CT molecular complexity index is 3880. The molecule has 7 unspecified atom stereocenters. The van der Waals surface area contributed by atoms with Gasteiger partial charge in [0.2, 0.25) is 41.6 Å². The van der Waals surface area contributed by atoms with Gasteiger partial charge in [0.25, 0.3) is 0 Å². The number of carbonyl (C=O) groups is 8. The molecule has 2 bridgehead atoms. The van der Waals surface area contributed by atoms with E-state index in [-0.39, 0.29) is 55.8 Å². The first-order valence-electron chi connectivity index (χ1n) is 32.8. The van der Waals surface area contributed by atoms with Crippen LogP contribution in [0.1, 0.15) is 126 Å². The molecule has 0 spiro atoms. The number of aldehydes is 2. The number of carboxylic acid groups (broad SMARTS) is 1. The molecule has 5 amide bonds. The molecule has 20 N–H and O–H groups in total. The minimum Gasteiger partial charge on any atom is -0.508 e. The molecule has 0 radical (unpaired) electrons. The summed E-state index contributed by atoms with van der Waals surface area (Å²) in [4.78, 5) is 107. The number of aliphatic carboxylic acids is 1. The van der Waals surface area contributed by atoms with Crippen LogP contribution < -0.4 is 62.9 Å². The number of ether oxygens (including phenoxy) is 6. The number of fused-ring (bicyclic) bond motifs is 4. The Morgan fingerprint density at radius 1 is 0.692 bits per heavy atom. The van der Waals surface area contributed by atoms with E-state index in [0.717, 1.165) is 30.3 Å². The number of hydrogen-bond acceptors (Lipinski definition) is 26. The lowest BCUT2D eigenvalue weighted by Gasteiger charge is -2.35. The SMILES string of the molecule is CNC(CC(C)C)C(=O)N[C@@H](C=O)[C@H](O)c1ccc(Oc2cc([C@H](C=O)NC(=O)[C@H](CC(N)=O)NC)cc(Oc3ccc(C(O)C4NC(=O)C(NC)c5ccc(O)c(c5)-c5c(O)cc(O)cc5[C@H](C(=O)O)NC4=O)cc3Cl)c2OC(OC(CO)[C@H](C)O)[C@H](C)O[C@@H](C)O[C@H](C)C(O)C(C)(C)N)c(Cl)c1. The first-order valence-corrected chi connectivity index (χ1v) is 33.6. The van der Waals surface area contributed by atoms with Gasteiger partial charge in [-0.15, -0.1) is 0 Å². The van der Waals surface area contributed by atoms with Gasteiger partial charge in [-0.2, -0.15) is 0 Å². The first-order chi connectivity index (χ1) is 48.9. The molecule has 0 aromatic heterocycles. The van der Waals surface area contributed by atoms with Crippen LogP contribution in [0.4, 0.5) is 0 Å². The van der Waals surface area contributed by atoms with E-state index in [9.17, 15) is 84.3 Å². The van der Waals surface area contributed by atoms with Gasteiger partial charge in [0.05, 0.1) is 53.5 Å². The summed E-state index contributed by atoms with van der Waals surface area (Å²) in [7, 11) is 4.29. The van der Waals surface area contributed by atoms with Crippen LogP contribution in [0.25, 0.3) is 11.1 Å². The first kappa shape index (κ1) is 84.1. The number of phenolic OH excluding ortho intramolecular Hbond substituents is 3. The van der Waals surface area contributed by atoms with Crippen LogP contribution in [0.2, 0.25) is 10.0 Å². The van der Waals surface area contributed by atoms with Crippen LogP contribution in [-0.4, -0.2) is 195 Å². The summed E-state index contributed by atoms with van der Waals surface area (Å²) in [5.41, 5.74) is 9.19. The van der Waals surface area contributed by atoms with Gasteiger partial charge in [-0.1, -0.05) is 55.2 Å². The Kier molecular flexibility index (Phi) is 30.1. The van der Waals surface area contributed by atoms with Crippen LogP contribution in [0, 0.1) is 5.92 Å². The van der Waals surface area contributed by atoms with E-state index in [4.69, 9.17) is 63.1 Å². The summed E-state index contributed by atoms with van der Waals surface area (Å²) in [5.74, 6) is -10.4. The third-order valence-corrected chi connectivity index (χ3v) is 17.4. The van der Waals surface area contributed by atoms with Crippen molar-refractivity contribution in [3.63, 3.8) is 0 Å². The highest BCUT2D eigenvalue weighted by Crippen LogP contribution is 2.49. The number of halogens is 2. The highest BCUT2D eigenvalue weighted by molar-refractivity contribution is 6.32. The van der Waals surface area contributed by atoms with Crippen molar-refractivity contribution in [3.8, 4) is 57.1 Å². The molecule has 104 heavy (non-hydrogen) atoms. The number of nitrogens with two attached hydrogens (primary N) is 2. The highest BCUT2D eigenvalue weighted by atomic mass is 35.5. The van der Waals surface area contributed by atoms with Crippen LogP contribution in [0.15, 0.2) is 78.9 Å². The lowest BCUT2D eigenvalue weighted by molar-refractivity contribution is -0.258. The molecular weight excluding hydrogens is 1410 g/mol. The van der Waals surface area contributed by atoms with E-state index in [1.807, 2.05) is 13.8 Å². The van der Waals surface area contributed by atoms with Crippen molar-refractivity contribution in [1.82, 2.24) is 37.2 Å². The van der Waals surface area contributed by atoms with Crippen molar-refractivity contribution in [2.75, 3.05) is 27.7 Å². The van der Waals surface area contributed by atoms with Gasteiger partial charge < -0.3 is 133 Å². The van der Waals surface area contributed by atoms with Crippen LogP contribution in [0.3, 0.4) is 0 Å². The van der Waals surface area contributed by atoms with Crippen molar-refractivity contribution < 1.29 is 113 Å². The van der Waals surface area contributed by atoms with Crippen molar-refractivity contribution in [3.05, 3.63) is 117 Å². The zero-order valence-electron chi connectivity index (χ0n) is 58.7. The number of carboxylic acids is 1. The number of hydrogen-bond donors (Lipinski definition) is 18. The average molecular weight is 1500 g/mol. The predicted molar refractivity (Wildman–Crippen MR) is 375 cm³/mol. The third-order valence-electron chi connectivity index (χ3n) is 16.8. The number of aliphatic hydroxyl groups is 5. The molecule has 1 aliphatic heterocycles. The maximum absolute atomic E-state index is 14.6. The molecule has 568 valence electrons. The summed E-state index contributed by atoms with van der Waals surface area (Å²) < 4.78 is 38.4. The van der Waals surface area contributed by atoms with Crippen molar-refractivity contribution in [2.24, 2.45) is 17.4 Å². The van der Waals surface area contributed by atoms with Gasteiger partial charge in [-0.25, -0.2) is 4.79 Å². The number of nitrogens with one attached hydrogen (secondary N) is 7. The van der Waals surface area contributed by atoms with E-state index in [0.29, 0.717) is 19.0 Å². The number of carbonyl (C=O) groups excluding carboxylic acids is 7. The summed E-state index contributed by atoms with van der Waals surface area (Å²) in [5, 5.41) is 117. The molecular formula is C70H91Cl2N9O23. The predicted octanol–water partition coefficient (Wildman–Crippen LogP) is 2.98. The molecule has 1 aliphatic rings. The summed E-state index contributed by atoms with van der Waals surface area (Å²) >= 11 is 14.1. The lowest BCUT2D eigenvalue weighted by Crippen LogP contribution is -2.53. The number of aliphatic hydroxyl groups excluding tert-OH is 5. The van der Waals surface area contributed by atoms with Gasteiger partial charge in [0.15, 0.2) is 23.8 Å². The quantitative estimate of drug-likeness (QED) is 0.0202. The van der Waals surface area contributed by atoms with Gasteiger partial charge in [-0.3, -0.25) is 24.0 Å². The van der Waals surface area contributed by atoms with Crippen molar-refractivity contribution in [1.29, 1.82) is 0 Å².